The van der Waals surface area contributed by atoms with Crippen LogP contribution in [-0.2, 0) is 12.8 Å². The van der Waals surface area contributed by atoms with Crippen LogP contribution in [0.5, 0.6) is 0 Å². The summed E-state index contributed by atoms with van der Waals surface area (Å²) in [5.74, 6) is 0.335. The molecule has 1 aromatic rings. The average molecular weight is 322 g/mol. The highest BCUT2D eigenvalue weighted by Gasteiger charge is 2.24. The fourth-order valence-corrected chi connectivity index (χ4v) is 2.69. The van der Waals surface area contributed by atoms with E-state index in [9.17, 15) is 14.7 Å². The summed E-state index contributed by atoms with van der Waals surface area (Å²) in [4.78, 5) is 28.5. The molecule has 1 aromatic heterocycles. The van der Waals surface area contributed by atoms with E-state index in [-0.39, 0.29) is 5.92 Å². The number of fused-ring (bicyclic) bond motifs is 1. The molecule has 0 radical (unpaired) electrons. The van der Waals surface area contributed by atoms with E-state index in [1.807, 2.05) is 0 Å². The number of aldehydes is 1. The van der Waals surface area contributed by atoms with Gasteiger partial charge < -0.3 is 20.8 Å². The highest BCUT2D eigenvalue weighted by molar-refractivity contribution is 5.68. The van der Waals surface area contributed by atoms with Crippen LogP contribution in [0.25, 0.3) is 0 Å². The maximum Gasteiger partial charge on any atom is 0.404 e. The van der Waals surface area contributed by atoms with E-state index in [0.717, 1.165) is 18.5 Å². The van der Waals surface area contributed by atoms with Crippen molar-refractivity contribution in [3.05, 3.63) is 23.3 Å². The molecular formula is C15H22N4O4. The summed E-state index contributed by atoms with van der Waals surface area (Å²) in [6, 6.07) is 0. The molecule has 2 aliphatic rings. The monoisotopic (exact) mass is 322 g/mol. The molecule has 0 unspecified atom stereocenters. The van der Waals surface area contributed by atoms with Crippen LogP contribution in [0.15, 0.2) is 6.20 Å². The largest absolute Gasteiger partial charge is 0.465 e. The highest BCUT2D eigenvalue weighted by atomic mass is 16.4. The molecule has 1 saturated heterocycles. The van der Waals surface area contributed by atoms with Gasteiger partial charge in [0.15, 0.2) is 12.1 Å². The lowest BCUT2D eigenvalue weighted by Crippen LogP contribution is -2.33. The van der Waals surface area contributed by atoms with Crippen LogP contribution in [0.2, 0.25) is 0 Å². The Labute approximate surface area is 134 Å². The number of β-amino-alcohol motifs (C(OH)–C–C–N with tert-alkyl or cyclic N) is 1. The normalized spacial score (nSPS) is 22.5. The van der Waals surface area contributed by atoms with Crippen LogP contribution in [0.3, 0.4) is 0 Å². The van der Waals surface area contributed by atoms with Crippen molar-refractivity contribution in [2.75, 3.05) is 19.6 Å². The molecule has 8 nitrogen and oxygen atoms in total. The van der Waals surface area contributed by atoms with Crippen LogP contribution >= 0.6 is 0 Å². The fraction of sp³-hybridized carbons (Fsp3) is 0.600. The zero-order valence-electron chi connectivity index (χ0n) is 12.9. The molecule has 8 heteroatoms. The third-order valence-electron chi connectivity index (χ3n) is 4.01. The van der Waals surface area contributed by atoms with E-state index in [1.165, 1.54) is 18.4 Å². The molecule has 126 valence electrons. The molecule has 3 rings (SSSR count). The molecule has 1 aliphatic heterocycles. The van der Waals surface area contributed by atoms with Crippen LogP contribution < -0.4 is 10.6 Å². The highest BCUT2D eigenvalue weighted by Crippen LogP contribution is 2.17. The number of carbonyl (C=O) groups is 2. The fourth-order valence-electron chi connectivity index (χ4n) is 2.69. The minimum atomic E-state index is -1.04. The van der Waals surface area contributed by atoms with Gasteiger partial charge >= 0.3 is 6.09 Å². The summed E-state index contributed by atoms with van der Waals surface area (Å²) < 4.78 is 0. The SMILES string of the molecule is O=C(O)NC[C@H]1CNC[C@H]1O.O=Cc1ncc2c(n1)CCCC2. The first-order valence-electron chi connectivity index (χ1n) is 7.75. The number of hydrogen-bond donors (Lipinski definition) is 4. The number of carboxylic acid groups (broad SMARTS) is 1. The number of aliphatic hydroxyl groups is 1. The number of aryl methyl sites for hydroxylation is 2. The summed E-state index contributed by atoms with van der Waals surface area (Å²) in [7, 11) is 0. The Bertz CT molecular complexity index is 552. The van der Waals surface area contributed by atoms with E-state index < -0.39 is 12.2 Å². The number of aromatic nitrogens is 2. The van der Waals surface area contributed by atoms with Crippen molar-refractivity contribution in [1.29, 1.82) is 0 Å². The number of carbonyl (C=O) groups excluding carboxylic acids is 1. The zero-order chi connectivity index (χ0) is 16.7. The zero-order valence-corrected chi connectivity index (χ0v) is 12.9. The molecule has 1 fully saturated rings. The summed E-state index contributed by atoms with van der Waals surface area (Å²) in [6.45, 7) is 1.57. The van der Waals surface area contributed by atoms with Crippen LogP contribution in [-0.4, -0.2) is 58.3 Å². The van der Waals surface area contributed by atoms with E-state index >= 15 is 0 Å². The van der Waals surface area contributed by atoms with Crippen molar-refractivity contribution < 1.29 is 19.8 Å². The lowest BCUT2D eigenvalue weighted by Gasteiger charge is -2.13. The number of aliphatic hydroxyl groups excluding tert-OH is 1. The first kappa shape index (κ1) is 17.3. The van der Waals surface area contributed by atoms with Crippen molar-refractivity contribution in [2.45, 2.75) is 31.8 Å². The third kappa shape index (κ3) is 5.26. The predicted molar refractivity (Wildman–Crippen MR) is 82.5 cm³/mol. The molecule has 0 saturated carbocycles. The molecule has 2 heterocycles. The minimum absolute atomic E-state index is 0.0195. The van der Waals surface area contributed by atoms with Gasteiger partial charge in [-0.1, -0.05) is 0 Å². The average Bonchev–Trinajstić information content (AvgIpc) is 2.98. The van der Waals surface area contributed by atoms with Crippen LogP contribution in [0.1, 0.15) is 34.7 Å². The maximum absolute atomic E-state index is 10.4. The summed E-state index contributed by atoms with van der Waals surface area (Å²) in [5, 5.41) is 22.7. The lowest BCUT2D eigenvalue weighted by molar-refractivity contribution is 0.111. The molecule has 2 atom stereocenters. The van der Waals surface area contributed by atoms with E-state index in [1.54, 1.807) is 6.20 Å². The second kappa shape index (κ2) is 8.54. The number of hydrogen-bond acceptors (Lipinski definition) is 6. The van der Waals surface area contributed by atoms with E-state index in [4.69, 9.17) is 5.11 Å². The maximum atomic E-state index is 10.4. The van der Waals surface area contributed by atoms with Crippen molar-refractivity contribution in [3.8, 4) is 0 Å². The Balaban J connectivity index is 0.000000168. The number of nitrogens with one attached hydrogen (secondary N) is 2. The standard InChI is InChI=1S/C9H10N2O.C6H12N2O3/c12-6-9-10-5-7-3-1-2-4-8(7)11-9;9-5-3-7-1-4(5)2-8-6(10)11/h5-6H,1-4H2;4-5,7-9H,1-3H2,(H,10,11)/t;4-,5-/m.1/s1. The Kier molecular flexibility index (Phi) is 6.42. The summed E-state index contributed by atoms with van der Waals surface area (Å²) >= 11 is 0. The molecule has 0 bridgehead atoms. The van der Waals surface area contributed by atoms with Crippen molar-refractivity contribution in [3.63, 3.8) is 0 Å². The van der Waals surface area contributed by atoms with Gasteiger partial charge in [-0.2, -0.15) is 0 Å². The first-order chi connectivity index (χ1) is 11.1. The van der Waals surface area contributed by atoms with Gasteiger partial charge in [-0.15, -0.1) is 0 Å². The van der Waals surface area contributed by atoms with Gasteiger partial charge in [0.1, 0.15) is 0 Å². The Morgan fingerprint density at radius 2 is 2.17 bits per heavy atom. The molecule has 0 aromatic carbocycles. The minimum Gasteiger partial charge on any atom is -0.465 e. The smallest absolute Gasteiger partial charge is 0.404 e. The van der Waals surface area contributed by atoms with Gasteiger partial charge in [-0.05, 0) is 31.2 Å². The van der Waals surface area contributed by atoms with Gasteiger partial charge in [0.05, 0.1) is 6.10 Å². The molecule has 23 heavy (non-hydrogen) atoms. The molecule has 0 spiro atoms. The molecule has 1 amide bonds. The van der Waals surface area contributed by atoms with E-state index in [0.29, 0.717) is 31.7 Å². The Morgan fingerprint density at radius 1 is 1.39 bits per heavy atom. The topological polar surface area (TPSA) is 124 Å². The Hall–Kier alpha value is -2.06. The second-order valence-electron chi connectivity index (χ2n) is 5.70. The number of amides is 1. The van der Waals surface area contributed by atoms with Gasteiger partial charge in [0.2, 0.25) is 0 Å². The van der Waals surface area contributed by atoms with Crippen LogP contribution in [0.4, 0.5) is 4.79 Å². The van der Waals surface area contributed by atoms with Gasteiger partial charge in [-0.25, -0.2) is 14.8 Å². The molecular weight excluding hydrogens is 300 g/mol. The van der Waals surface area contributed by atoms with Gasteiger partial charge in [-0.3, -0.25) is 4.79 Å². The quantitative estimate of drug-likeness (QED) is 0.577. The summed E-state index contributed by atoms with van der Waals surface area (Å²) in [6.07, 6.45) is 5.50. The van der Waals surface area contributed by atoms with E-state index in [2.05, 4.69) is 20.6 Å². The molecule has 1 aliphatic carbocycles. The van der Waals surface area contributed by atoms with Crippen molar-refractivity contribution in [1.82, 2.24) is 20.6 Å². The third-order valence-corrected chi connectivity index (χ3v) is 4.01. The number of rotatable bonds is 3. The number of nitrogens with zero attached hydrogens (tertiary/aromatic N) is 2. The van der Waals surface area contributed by atoms with Gasteiger partial charge in [0, 0.05) is 37.4 Å². The second-order valence-corrected chi connectivity index (χ2v) is 5.70. The first-order valence-corrected chi connectivity index (χ1v) is 7.75. The van der Waals surface area contributed by atoms with Crippen molar-refractivity contribution in [2.24, 2.45) is 5.92 Å². The lowest BCUT2D eigenvalue weighted by atomic mass is 9.98. The Morgan fingerprint density at radius 3 is 2.83 bits per heavy atom. The summed E-state index contributed by atoms with van der Waals surface area (Å²) in [5.41, 5.74) is 2.28. The van der Waals surface area contributed by atoms with Crippen molar-refractivity contribution >= 4 is 12.4 Å². The molecule has 4 N–H and O–H groups in total. The van der Waals surface area contributed by atoms with Gasteiger partial charge in [0.25, 0.3) is 0 Å². The van der Waals surface area contributed by atoms with Crippen LogP contribution in [0, 0.1) is 5.92 Å². The predicted octanol–water partition coefficient (Wildman–Crippen LogP) is 0.00220.